The standard InChI is InChI=1S/C24H20Cl2N2O2/c1-17(7-8-18-5-3-2-4-6-18)27-28-24(29)19-10-13-22(14-11-19)30-16-20-9-12-21(25)15-23(20)26/h2-15H,16H2,1H3,(H,28,29)/b8-7+,27-17-. The van der Waals surface area contributed by atoms with Gasteiger partial charge in [0, 0.05) is 21.2 Å². The van der Waals surface area contributed by atoms with Crippen LogP contribution in [0.3, 0.4) is 0 Å². The van der Waals surface area contributed by atoms with Crippen molar-refractivity contribution in [1.29, 1.82) is 0 Å². The first-order chi connectivity index (χ1) is 14.5. The van der Waals surface area contributed by atoms with Crippen LogP contribution in [0.1, 0.15) is 28.4 Å². The molecule has 0 saturated carbocycles. The largest absolute Gasteiger partial charge is 0.489 e. The maximum Gasteiger partial charge on any atom is 0.271 e. The molecule has 0 atom stereocenters. The average molecular weight is 439 g/mol. The molecular formula is C24H20Cl2N2O2. The molecule has 0 aromatic heterocycles. The monoisotopic (exact) mass is 438 g/mol. The van der Waals surface area contributed by atoms with Crippen molar-refractivity contribution in [2.24, 2.45) is 5.10 Å². The summed E-state index contributed by atoms with van der Waals surface area (Å²) in [5.74, 6) is 0.331. The lowest BCUT2D eigenvalue weighted by Crippen LogP contribution is -2.18. The van der Waals surface area contributed by atoms with Crippen molar-refractivity contribution in [2.75, 3.05) is 0 Å². The van der Waals surface area contributed by atoms with Crippen LogP contribution in [-0.4, -0.2) is 11.6 Å². The molecule has 0 saturated heterocycles. The minimum atomic E-state index is -0.297. The Balaban J connectivity index is 1.53. The maximum absolute atomic E-state index is 12.3. The van der Waals surface area contributed by atoms with Gasteiger partial charge >= 0.3 is 0 Å². The molecule has 3 aromatic rings. The zero-order valence-corrected chi connectivity index (χ0v) is 17.8. The van der Waals surface area contributed by atoms with Crippen molar-refractivity contribution in [3.8, 4) is 5.75 Å². The van der Waals surface area contributed by atoms with Crippen LogP contribution in [0.4, 0.5) is 0 Å². The Hall–Kier alpha value is -3.08. The SMILES string of the molecule is CC(/C=C/c1ccccc1)=N/NC(=O)c1ccc(OCc2ccc(Cl)cc2Cl)cc1. The Morgan fingerprint density at radius 2 is 1.77 bits per heavy atom. The van der Waals surface area contributed by atoms with Crippen LogP contribution in [0.5, 0.6) is 5.75 Å². The van der Waals surface area contributed by atoms with E-state index in [1.54, 1.807) is 36.4 Å². The minimum Gasteiger partial charge on any atom is -0.489 e. The molecule has 0 heterocycles. The molecule has 6 heteroatoms. The van der Waals surface area contributed by atoms with E-state index < -0.39 is 0 Å². The molecule has 0 unspecified atom stereocenters. The maximum atomic E-state index is 12.3. The van der Waals surface area contributed by atoms with E-state index in [4.69, 9.17) is 27.9 Å². The van der Waals surface area contributed by atoms with Crippen LogP contribution < -0.4 is 10.2 Å². The van der Waals surface area contributed by atoms with Crippen LogP contribution in [0.15, 0.2) is 84.0 Å². The summed E-state index contributed by atoms with van der Waals surface area (Å²) in [5, 5.41) is 5.23. The van der Waals surface area contributed by atoms with Gasteiger partial charge in [-0.25, -0.2) is 5.43 Å². The van der Waals surface area contributed by atoms with Crippen molar-refractivity contribution in [3.63, 3.8) is 0 Å². The number of hydrazone groups is 1. The molecule has 0 aliphatic heterocycles. The number of hydrogen-bond donors (Lipinski definition) is 1. The average Bonchev–Trinajstić information content (AvgIpc) is 2.76. The summed E-state index contributed by atoms with van der Waals surface area (Å²) in [6.45, 7) is 2.12. The molecule has 1 amide bonds. The van der Waals surface area contributed by atoms with Gasteiger partial charge in [0.1, 0.15) is 12.4 Å². The third kappa shape index (κ3) is 6.48. The number of nitrogens with one attached hydrogen (secondary N) is 1. The van der Waals surface area contributed by atoms with Crippen LogP contribution in [0, 0.1) is 0 Å². The van der Waals surface area contributed by atoms with Crippen LogP contribution in [-0.2, 0) is 6.61 Å². The number of allylic oxidation sites excluding steroid dienone is 1. The van der Waals surface area contributed by atoms with E-state index in [9.17, 15) is 4.79 Å². The molecule has 30 heavy (non-hydrogen) atoms. The Kier molecular flexibility index (Phi) is 7.66. The molecule has 3 aromatic carbocycles. The van der Waals surface area contributed by atoms with Gasteiger partial charge in [0.15, 0.2) is 0 Å². The number of nitrogens with zero attached hydrogens (tertiary/aromatic N) is 1. The predicted molar refractivity (Wildman–Crippen MR) is 123 cm³/mol. The van der Waals surface area contributed by atoms with Gasteiger partial charge < -0.3 is 4.74 Å². The number of benzene rings is 3. The minimum absolute atomic E-state index is 0.297. The van der Waals surface area contributed by atoms with E-state index in [1.165, 1.54) is 0 Å². The highest BCUT2D eigenvalue weighted by Crippen LogP contribution is 2.23. The number of amides is 1. The Morgan fingerprint density at radius 3 is 2.47 bits per heavy atom. The predicted octanol–water partition coefficient (Wildman–Crippen LogP) is 6.39. The topological polar surface area (TPSA) is 50.7 Å². The summed E-state index contributed by atoms with van der Waals surface area (Å²) < 4.78 is 5.72. The summed E-state index contributed by atoms with van der Waals surface area (Å²) in [5.41, 5.74) is 5.61. The van der Waals surface area contributed by atoms with Gasteiger partial charge in [-0.2, -0.15) is 5.10 Å². The summed E-state index contributed by atoms with van der Waals surface area (Å²) >= 11 is 12.0. The van der Waals surface area contributed by atoms with Crippen molar-refractivity contribution < 1.29 is 9.53 Å². The van der Waals surface area contributed by atoms with Crippen molar-refractivity contribution in [3.05, 3.63) is 106 Å². The highest BCUT2D eigenvalue weighted by molar-refractivity contribution is 6.35. The lowest BCUT2D eigenvalue weighted by Gasteiger charge is -2.09. The van der Waals surface area contributed by atoms with Gasteiger partial charge in [-0.15, -0.1) is 0 Å². The second kappa shape index (κ2) is 10.6. The van der Waals surface area contributed by atoms with Gasteiger partial charge in [0.25, 0.3) is 5.91 Å². The Morgan fingerprint density at radius 1 is 1.03 bits per heavy atom. The van der Waals surface area contributed by atoms with Crippen LogP contribution >= 0.6 is 23.2 Å². The first-order valence-corrected chi connectivity index (χ1v) is 10.0. The summed E-state index contributed by atoms with van der Waals surface area (Å²) in [6, 6.07) is 21.9. The van der Waals surface area contributed by atoms with Gasteiger partial charge in [0.05, 0.1) is 5.71 Å². The van der Waals surface area contributed by atoms with Gasteiger partial charge in [-0.05, 0) is 55.0 Å². The number of carbonyl (C=O) groups is 1. The summed E-state index contributed by atoms with van der Waals surface area (Å²) in [4.78, 5) is 12.3. The fourth-order valence-corrected chi connectivity index (χ4v) is 2.99. The quantitative estimate of drug-likeness (QED) is 0.343. The molecular weight excluding hydrogens is 419 g/mol. The van der Waals surface area contributed by atoms with Crippen molar-refractivity contribution in [1.82, 2.24) is 5.43 Å². The third-order valence-corrected chi connectivity index (χ3v) is 4.76. The zero-order chi connectivity index (χ0) is 21.3. The first-order valence-electron chi connectivity index (χ1n) is 9.26. The van der Waals surface area contributed by atoms with E-state index in [2.05, 4.69) is 10.5 Å². The lowest BCUT2D eigenvalue weighted by atomic mass is 10.2. The van der Waals surface area contributed by atoms with E-state index in [-0.39, 0.29) is 5.91 Å². The molecule has 3 rings (SSSR count). The molecule has 0 radical (unpaired) electrons. The smallest absolute Gasteiger partial charge is 0.271 e. The van der Waals surface area contributed by atoms with E-state index in [1.807, 2.05) is 55.5 Å². The zero-order valence-electron chi connectivity index (χ0n) is 16.3. The number of ether oxygens (including phenoxy) is 1. The molecule has 0 aliphatic carbocycles. The van der Waals surface area contributed by atoms with E-state index in [0.717, 1.165) is 11.1 Å². The number of hydrogen-bond acceptors (Lipinski definition) is 3. The molecule has 1 N–H and O–H groups in total. The molecule has 0 bridgehead atoms. The first kappa shape index (κ1) is 21.6. The van der Waals surface area contributed by atoms with E-state index in [0.29, 0.717) is 33.7 Å². The number of rotatable bonds is 7. The fraction of sp³-hybridized carbons (Fsp3) is 0.0833. The Labute approximate surface area is 185 Å². The Bertz CT molecular complexity index is 1060. The van der Waals surface area contributed by atoms with Crippen LogP contribution in [0.25, 0.3) is 6.08 Å². The molecule has 0 spiro atoms. The molecule has 0 fully saturated rings. The van der Waals surface area contributed by atoms with Crippen molar-refractivity contribution >= 4 is 40.9 Å². The summed E-state index contributed by atoms with van der Waals surface area (Å²) in [7, 11) is 0. The molecule has 152 valence electrons. The molecule has 0 aliphatic rings. The highest BCUT2D eigenvalue weighted by Gasteiger charge is 2.06. The van der Waals surface area contributed by atoms with E-state index >= 15 is 0 Å². The summed E-state index contributed by atoms with van der Waals surface area (Å²) in [6.07, 6.45) is 3.78. The second-order valence-corrected chi connectivity index (χ2v) is 7.33. The third-order valence-electron chi connectivity index (χ3n) is 4.18. The lowest BCUT2D eigenvalue weighted by molar-refractivity contribution is 0.0955. The second-order valence-electron chi connectivity index (χ2n) is 6.49. The number of halogens is 2. The van der Waals surface area contributed by atoms with Crippen LogP contribution in [0.2, 0.25) is 10.0 Å². The van der Waals surface area contributed by atoms with Gasteiger partial charge in [-0.3, -0.25) is 4.79 Å². The highest BCUT2D eigenvalue weighted by atomic mass is 35.5. The van der Waals surface area contributed by atoms with Gasteiger partial charge in [0.2, 0.25) is 0 Å². The normalized spacial score (nSPS) is 11.5. The van der Waals surface area contributed by atoms with Crippen molar-refractivity contribution in [2.45, 2.75) is 13.5 Å². The fourth-order valence-electron chi connectivity index (χ4n) is 2.52. The van der Waals surface area contributed by atoms with Gasteiger partial charge in [-0.1, -0.05) is 65.7 Å². The number of carbonyl (C=O) groups excluding carboxylic acids is 1. The molecule has 4 nitrogen and oxygen atoms in total.